The van der Waals surface area contributed by atoms with Crippen molar-refractivity contribution in [3.63, 3.8) is 0 Å². The molecule has 0 amide bonds. The van der Waals surface area contributed by atoms with E-state index < -0.39 is 0 Å². The van der Waals surface area contributed by atoms with Crippen LogP contribution >= 0.6 is 11.6 Å². The van der Waals surface area contributed by atoms with Crippen LogP contribution in [-0.4, -0.2) is 42.5 Å². The van der Waals surface area contributed by atoms with Gasteiger partial charge in [-0.15, -0.1) is 11.6 Å². The zero-order chi connectivity index (χ0) is 23.2. The fourth-order valence-electron chi connectivity index (χ4n) is 8.12. The minimum atomic E-state index is 0.463. The lowest BCUT2D eigenvalue weighted by atomic mass is 9.68. The van der Waals surface area contributed by atoms with Gasteiger partial charge in [-0.25, -0.2) is 0 Å². The highest BCUT2D eigenvalue weighted by molar-refractivity contribution is 6.20. The average Bonchev–Trinajstić information content (AvgIpc) is 2.83. The molecule has 1 N–H and O–H groups in total. The van der Waals surface area contributed by atoms with E-state index in [1.54, 1.807) is 0 Å². The van der Waals surface area contributed by atoms with Crippen molar-refractivity contribution >= 4 is 11.6 Å². The van der Waals surface area contributed by atoms with Crippen LogP contribution in [0.2, 0.25) is 0 Å². The first-order chi connectivity index (χ1) is 16.0. The lowest BCUT2D eigenvalue weighted by Crippen LogP contribution is -2.48. The smallest absolute Gasteiger partial charge is 0.0336 e. The molecule has 1 aliphatic heterocycles. The molecule has 0 aromatic carbocycles. The fourth-order valence-corrected chi connectivity index (χ4v) is 8.37. The first-order valence-corrected chi connectivity index (χ1v) is 15.5. The van der Waals surface area contributed by atoms with Gasteiger partial charge in [-0.05, 0) is 119 Å². The van der Waals surface area contributed by atoms with Gasteiger partial charge in [0.15, 0.2) is 0 Å². The first-order valence-electron chi connectivity index (χ1n) is 15.1. The highest BCUT2D eigenvalue weighted by Gasteiger charge is 2.33. The van der Waals surface area contributed by atoms with Crippen LogP contribution in [-0.2, 0) is 0 Å². The van der Waals surface area contributed by atoms with Gasteiger partial charge < -0.3 is 10.2 Å². The second-order valence-electron chi connectivity index (χ2n) is 13.2. The van der Waals surface area contributed by atoms with Gasteiger partial charge in [0, 0.05) is 18.0 Å². The molecular formula is C30H55ClN2. The maximum Gasteiger partial charge on any atom is 0.0336 e. The Bertz CT molecular complexity index is 549. The summed E-state index contributed by atoms with van der Waals surface area (Å²) < 4.78 is 0. The van der Waals surface area contributed by atoms with E-state index in [2.05, 4.69) is 31.0 Å². The van der Waals surface area contributed by atoms with Gasteiger partial charge in [0.1, 0.15) is 0 Å². The van der Waals surface area contributed by atoms with Gasteiger partial charge in [0.25, 0.3) is 0 Å². The van der Waals surface area contributed by atoms with Crippen LogP contribution in [0.15, 0.2) is 0 Å². The lowest BCUT2D eigenvalue weighted by molar-refractivity contribution is 0.108. The Balaban J connectivity index is 1.18. The van der Waals surface area contributed by atoms with E-state index >= 15 is 0 Å². The summed E-state index contributed by atoms with van der Waals surface area (Å²) in [5.41, 5.74) is 0. The van der Waals surface area contributed by atoms with Gasteiger partial charge in [-0.3, -0.25) is 0 Å². The van der Waals surface area contributed by atoms with Gasteiger partial charge in [-0.1, -0.05) is 52.9 Å². The number of alkyl halides is 1. The average molecular weight is 479 g/mol. The number of nitrogens with one attached hydrogen (secondary N) is 1. The standard InChI is InChI=1S/C30H55ClN2/c1-22(2)30(21-33-16-14-26(15-17-33)25-10-12-29(31)13-11-25)32-20-24-7-5-9-28(19-24)27-8-4-6-23(3)18-27/h22-30,32H,4-21H2,1-3H3/t23?,24?,25?,27?,28?,29?,30-/m0/s1. The van der Waals surface area contributed by atoms with E-state index in [4.69, 9.17) is 11.6 Å². The molecule has 0 radical (unpaired) electrons. The second kappa shape index (κ2) is 13.0. The molecule has 4 aliphatic rings. The zero-order valence-electron chi connectivity index (χ0n) is 22.2. The summed E-state index contributed by atoms with van der Waals surface area (Å²) in [6.45, 7) is 12.5. The first kappa shape index (κ1) is 26.3. The molecule has 0 aromatic heterocycles. The van der Waals surface area contributed by atoms with E-state index in [0.717, 1.165) is 41.4 Å². The Hall–Kier alpha value is 0.210. The molecule has 2 nitrogen and oxygen atoms in total. The molecule has 192 valence electrons. The van der Waals surface area contributed by atoms with Crippen LogP contribution < -0.4 is 5.32 Å². The van der Waals surface area contributed by atoms with E-state index in [9.17, 15) is 0 Å². The predicted octanol–water partition coefficient (Wildman–Crippen LogP) is 7.74. The summed E-state index contributed by atoms with van der Waals surface area (Å²) >= 11 is 6.35. The summed E-state index contributed by atoms with van der Waals surface area (Å²) in [4.78, 5) is 2.79. The van der Waals surface area contributed by atoms with Gasteiger partial charge in [0.05, 0.1) is 0 Å². The Kier molecular flexibility index (Phi) is 10.3. The highest BCUT2D eigenvalue weighted by Crippen LogP contribution is 2.42. The second-order valence-corrected chi connectivity index (χ2v) is 13.9. The Morgan fingerprint density at radius 2 is 1.39 bits per heavy atom. The van der Waals surface area contributed by atoms with E-state index in [1.165, 1.54) is 116 Å². The van der Waals surface area contributed by atoms with Crippen molar-refractivity contribution in [2.24, 2.45) is 41.4 Å². The van der Waals surface area contributed by atoms with Gasteiger partial charge in [0.2, 0.25) is 0 Å². The Labute approximate surface area is 211 Å². The van der Waals surface area contributed by atoms with Crippen molar-refractivity contribution < 1.29 is 0 Å². The molecule has 0 bridgehead atoms. The largest absolute Gasteiger partial charge is 0.312 e. The summed E-state index contributed by atoms with van der Waals surface area (Å²) in [7, 11) is 0. The molecule has 4 unspecified atom stereocenters. The number of rotatable bonds is 8. The summed E-state index contributed by atoms with van der Waals surface area (Å²) in [5, 5.41) is 4.55. The van der Waals surface area contributed by atoms with Crippen LogP contribution in [0.4, 0.5) is 0 Å². The third-order valence-corrected chi connectivity index (χ3v) is 10.8. The maximum absolute atomic E-state index is 6.35. The summed E-state index contributed by atoms with van der Waals surface area (Å²) in [5.74, 6) is 6.62. The van der Waals surface area contributed by atoms with Crippen LogP contribution in [0.3, 0.4) is 0 Å². The van der Waals surface area contributed by atoms with Crippen LogP contribution in [0.25, 0.3) is 0 Å². The summed E-state index contributed by atoms with van der Waals surface area (Å²) in [6, 6.07) is 0.656. The van der Waals surface area contributed by atoms with E-state index in [-0.39, 0.29) is 0 Å². The maximum atomic E-state index is 6.35. The van der Waals surface area contributed by atoms with Crippen molar-refractivity contribution in [2.45, 2.75) is 122 Å². The topological polar surface area (TPSA) is 15.3 Å². The minimum absolute atomic E-state index is 0.463. The molecule has 3 heteroatoms. The van der Waals surface area contributed by atoms with Gasteiger partial charge >= 0.3 is 0 Å². The number of nitrogens with zero attached hydrogens (tertiary/aromatic N) is 1. The monoisotopic (exact) mass is 478 g/mol. The molecule has 5 atom stereocenters. The van der Waals surface area contributed by atoms with Crippen molar-refractivity contribution in [1.29, 1.82) is 0 Å². The molecular weight excluding hydrogens is 424 g/mol. The predicted molar refractivity (Wildman–Crippen MR) is 144 cm³/mol. The highest BCUT2D eigenvalue weighted by atomic mass is 35.5. The SMILES string of the molecule is CC1CCCC(C2CCCC(CN[C@@H](CN3CCC(C4CCC(Cl)CC4)CC3)C(C)C)C2)C1. The number of hydrogen-bond donors (Lipinski definition) is 1. The molecule has 4 fully saturated rings. The number of halogens is 1. The lowest BCUT2D eigenvalue weighted by Gasteiger charge is -2.41. The molecule has 4 rings (SSSR count). The zero-order valence-corrected chi connectivity index (χ0v) is 23.0. The number of likely N-dealkylation sites (tertiary alicyclic amines) is 1. The van der Waals surface area contributed by atoms with Crippen molar-refractivity contribution in [2.75, 3.05) is 26.2 Å². The third kappa shape index (κ3) is 7.85. The number of hydrogen-bond acceptors (Lipinski definition) is 2. The van der Waals surface area contributed by atoms with E-state index in [1.807, 2.05) is 0 Å². The quantitative estimate of drug-likeness (QED) is 0.359. The molecule has 1 heterocycles. The van der Waals surface area contributed by atoms with Crippen molar-refractivity contribution in [3.05, 3.63) is 0 Å². The minimum Gasteiger partial charge on any atom is -0.312 e. The molecule has 3 aliphatic carbocycles. The van der Waals surface area contributed by atoms with Crippen LogP contribution in [0.5, 0.6) is 0 Å². The van der Waals surface area contributed by atoms with Crippen molar-refractivity contribution in [1.82, 2.24) is 10.2 Å². The molecule has 33 heavy (non-hydrogen) atoms. The van der Waals surface area contributed by atoms with Crippen LogP contribution in [0.1, 0.15) is 111 Å². The fraction of sp³-hybridized carbons (Fsp3) is 1.00. The van der Waals surface area contributed by atoms with E-state index in [0.29, 0.717) is 11.4 Å². The molecule has 1 saturated heterocycles. The van der Waals surface area contributed by atoms with Crippen LogP contribution in [0, 0.1) is 41.4 Å². The molecule has 0 spiro atoms. The number of piperidine rings is 1. The molecule has 0 aromatic rings. The normalized spacial score (nSPS) is 38.5. The van der Waals surface area contributed by atoms with Crippen molar-refractivity contribution in [3.8, 4) is 0 Å². The Morgan fingerprint density at radius 3 is 2.06 bits per heavy atom. The Morgan fingerprint density at radius 1 is 0.758 bits per heavy atom. The summed E-state index contributed by atoms with van der Waals surface area (Å²) in [6.07, 6.45) is 20.1. The third-order valence-electron chi connectivity index (χ3n) is 10.4. The van der Waals surface area contributed by atoms with Gasteiger partial charge in [-0.2, -0.15) is 0 Å². The molecule has 3 saturated carbocycles.